The van der Waals surface area contributed by atoms with Gasteiger partial charge in [0, 0.05) is 11.4 Å². The molecule has 0 fully saturated rings. The van der Waals surface area contributed by atoms with E-state index < -0.39 is 17.6 Å². The maximum atomic E-state index is 12.5. The number of hydrogen-bond donors (Lipinski definition) is 3. The molecule has 0 saturated heterocycles. The molecule has 0 aromatic heterocycles. The van der Waals surface area contributed by atoms with Crippen molar-refractivity contribution >= 4 is 33.0 Å². The number of anilines is 3. The summed E-state index contributed by atoms with van der Waals surface area (Å²) in [7, 11) is 0. The lowest BCUT2D eigenvalue weighted by Gasteiger charge is -2.06. The van der Waals surface area contributed by atoms with Gasteiger partial charge in [0.25, 0.3) is 0 Å². The van der Waals surface area contributed by atoms with Gasteiger partial charge >= 0.3 is 6.18 Å². The van der Waals surface area contributed by atoms with Gasteiger partial charge < -0.3 is 17.2 Å². The highest BCUT2D eigenvalue weighted by molar-refractivity contribution is 9.10. The van der Waals surface area contributed by atoms with Crippen molar-refractivity contribution in [2.24, 2.45) is 0 Å². The third-order valence-corrected chi connectivity index (χ3v) is 4.25. The Hall–Kier alpha value is -3.83. The molecule has 3 rings (SSSR count). The molecular formula is C21H15BrF5N5. The first-order valence-corrected chi connectivity index (χ1v) is 9.21. The highest BCUT2D eigenvalue weighted by atomic mass is 79.9. The van der Waals surface area contributed by atoms with Crippen molar-refractivity contribution in [3.63, 3.8) is 0 Å². The number of hydrogen-bond acceptors (Lipinski definition) is 5. The molecule has 0 amide bonds. The molecule has 0 bridgehead atoms. The summed E-state index contributed by atoms with van der Waals surface area (Å²) in [5, 5.41) is 16.7. The average Bonchev–Trinajstić information content (AvgIpc) is 2.72. The van der Waals surface area contributed by atoms with Gasteiger partial charge in [-0.05, 0) is 64.5 Å². The summed E-state index contributed by atoms with van der Waals surface area (Å²) in [4.78, 5) is 0. The molecule has 0 radical (unpaired) electrons. The zero-order chi connectivity index (χ0) is 24.5. The minimum absolute atomic E-state index is 0.0514. The van der Waals surface area contributed by atoms with Gasteiger partial charge in [-0.1, -0.05) is 6.07 Å². The van der Waals surface area contributed by atoms with Crippen molar-refractivity contribution in [3.05, 3.63) is 87.4 Å². The van der Waals surface area contributed by atoms with Crippen molar-refractivity contribution in [1.29, 1.82) is 10.5 Å². The molecule has 0 atom stereocenters. The Balaban J connectivity index is 0.000000245. The van der Waals surface area contributed by atoms with Gasteiger partial charge in [0.15, 0.2) is 0 Å². The molecule has 0 spiro atoms. The molecule has 6 N–H and O–H groups in total. The number of nitrogen functional groups attached to an aromatic ring is 3. The van der Waals surface area contributed by atoms with E-state index in [-0.39, 0.29) is 28.3 Å². The maximum Gasteiger partial charge on any atom is 0.416 e. The molecule has 5 nitrogen and oxygen atoms in total. The van der Waals surface area contributed by atoms with Gasteiger partial charge in [-0.2, -0.15) is 23.7 Å². The van der Waals surface area contributed by atoms with Crippen LogP contribution in [-0.4, -0.2) is 0 Å². The molecule has 11 heteroatoms. The zero-order valence-corrected chi connectivity index (χ0v) is 17.7. The van der Waals surface area contributed by atoms with E-state index in [2.05, 4.69) is 15.9 Å². The van der Waals surface area contributed by atoms with Gasteiger partial charge in [-0.15, -0.1) is 0 Å². The summed E-state index contributed by atoms with van der Waals surface area (Å²) < 4.78 is 61.7. The van der Waals surface area contributed by atoms with Crippen LogP contribution >= 0.6 is 15.9 Å². The van der Waals surface area contributed by atoms with Crippen molar-refractivity contribution in [1.82, 2.24) is 0 Å². The van der Waals surface area contributed by atoms with E-state index >= 15 is 0 Å². The molecule has 32 heavy (non-hydrogen) atoms. The van der Waals surface area contributed by atoms with Gasteiger partial charge in [0.1, 0.15) is 29.3 Å². The summed E-state index contributed by atoms with van der Waals surface area (Å²) in [6, 6.07) is 14.5. The average molecular weight is 512 g/mol. The fourth-order valence-corrected chi connectivity index (χ4v) is 2.25. The molecule has 166 valence electrons. The van der Waals surface area contributed by atoms with E-state index in [0.29, 0.717) is 10.2 Å². The first-order chi connectivity index (χ1) is 14.9. The van der Waals surface area contributed by atoms with E-state index in [1.807, 2.05) is 0 Å². The van der Waals surface area contributed by atoms with Crippen LogP contribution in [-0.2, 0) is 6.18 Å². The number of halogens is 6. The van der Waals surface area contributed by atoms with E-state index in [1.54, 1.807) is 24.3 Å². The molecule has 0 aliphatic rings. The third kappa shape index (κ3) is 7.78. The SMILES string of the molecule is N#Cc1c(N)cccc1F.N#Cc1cc(C(F)(F)F)ccc1N.Nc1ccc(Br)c(F)c1. The standard InChI is InChI=1S/C8H5F3N2.C7H5FN2.C6H5BrFN/c9-8(10,11)6-1-2-7(13)5(3-6)4-12;8-6-2-1-3-7(10)5(6)4-9;7-5-2-1-4(9)3-6(5)8/h1-3H,13H2;1-3H,10H2;1-3H,9H2. The molecule has 0 aliphatic carbocycles. The number of nitrogens with zero attached hydrogens (tertiary/aromatic N) is 2. The number of benzene rings is 3. The first-order valence-electron chi connectivity index (χ1n) is 8.42. The lowest BCUT2D eigenvalue weighted by molar-refractivity contribution is -0.137. The van der Waals surface area contributed by atoms with Crippen LogP contribution in [0.1, 0.15) is 16.7 Å². The monoisotopic (exact) mass is 511 g/mol. The molecule has 3 aromatic carbocycles. The molecule has 0 aliphatic heterocycles. The second kappa shape index (κ2) is 11.5. The third-order valence-electron chi connectivity index (χ3n) is 3.60. The van der Waals surface area contributed by atoms with Gasteiger partial charge in [0.05, 0.1) is 21.3 Å². The highest BCUT2D eigenvalue weighted by Crippen LogP contribution is 2.30. The fraction of sp³-hybridized carbons (Fsp3) is 0.0476. The van der Waals surface area contributed by atoms with E-state index in [1.165, 1.54) is 24.3 Å². The normalized spacial score (nSPS) is 9.88. The van der Waals surface area contributed by atoms with E-state index in [9.17, 15) is 22.0 Å². The summed E-state index contributed by atoms with van der Waals surface area (Å²) in [5.74, 6) is -0.891. The van der Waals surface area contributed by atoms with Crippen molar-refractivity contribution in [2.75, 3.05) is 17.2 Å². The number of nitriles is 2. The number of nitrogens with two attached hydrogens (primary N) is 3. The Kier molecular flexibility index (Phi) is 9.44. The van der Waals surface area contributed by atoms with Crippen LogP contribution in [0.4, 0.5) is 39.0 Å². The van der Waals surface area contributed by atoms with Gasteiger partial charge in [0.2, 0.25) is 0 Å². The first kappa shape index (κ1) is 26.2. The van der Waals surface area contributed by atoms with Crippen LogP contribution in [0, 0.1) is 34.3 Å². The lowest BCUT2D eigenvalue weighted by Crippen LogP contribution is -2.05. The van der Waals surface area contributed by atoms with E-state index in [0.717, 1.165) is 18.2 Å². The maximum absolute atomic E-state index is 12.5. The molecular weight excluding hydrogens is 497 g/mol. The van der Waals surface area contributed by atoms with Crippen LogP contribution in [0.5, 0.6) is 0 Å². The Morgan fingerprint density at radius 1 is 0.781 bits per heavy atom. The predicted octanol–water partition coefficient (Wildman–Crippen LogP) is 5.61. The summed E-state index contributed by atoms with van der Waals surface area (Å²) in [6.45, 7) is 0. The van der Waals surface area contributed by atoms with Crippen LogP contribution in [0.2, 0.25) is 0 Å². The quantitative estimate of drug-likeness (QED) is 0.267. The zero-order valence-electron chi connectivity index (χ0n) is 16.1. The van der Waals surface area contributed by atoms with Gasteiger partial charge in [-0.3, -0.25) is 0 Å². The minimum atomic E-state index is -4.43. The Labute approximate surface area is 188 Å². The molecule has 0 heterocycles. The highest BCUT2D eigenvalue weighted by Gasteiger charge is 2.30. The van der Waals surface area contributed by atoms with Crippen LogP contribution in [0.3, 0.4) is 0 Å². The van der Waals surface area contributed by atoms with Gasteiger partial charge in [-0.25, -0.2) is 8.78 Å². The Morgan fingerprint density at radius 2 is 1.44 bits per heavy atom. The summed E-state index contributed by atoms with van der Waals surface area (Å²) in [5.41, 5.74) is 15.4. The van der Waals surface area contributed by atoms with Crippen molar-refractivity contribution in [3.8, 4) is 12.1 Å². The second-order valence-electron chi connectivity index (χ2n) is 5.90. The predicted molar refractivity (Wildman–Crippen MR) is 115 cm³/mol. The van der Waals surface area contributed by atoms with Crippen LogP contribution in [0.15, 0.2) is 59.1 Å². The minimum Gasteiger partial charge on any atom is -0.399 e. The topological polar surface area (TPSA) is 126 Å². The number of alkyl halides is 3. The summed E-state index contributed by atoms with van der Waals surface area (Å²) in [6.07, 6.45) is -4.43. The largest absolute Gasteiger partial charge is 0.416 e. The Morgan fingerprint density at radius 3 is 1.88 bits per heavy atom. The van der Waals surface area contributed by atoms with Crippen LogP contribution < -0.4 is 17.2 Å². The fourth-order valence-electron chi connectivity index (χ4n) is 2.00. The van der Waals surface area contributed by atoms with Crippen molar-refractivity contribution in [2.45, 2.75) is 6.18 Å². The van der Waals surface area contributed by atoms with Crippen molar-refractivity contribution < 1.29 is 22.0 Å². The van der Waals surface area contributed by atoms with Crippen LogP contribution in [0.25, 0.3) is 0 Å². The van der Waals surface area contributed by atoms with E-state index in [4.69, 9.17) is 27.7 Å². The molecule has 3 aromatic rings. The Bertz CT molecular complexity index is 1150. The lowest BCUT2D eigenvalue weighted by atomic mass is 10.1. The molecule has 0 saturated carbocycles. The second-order valence-corrected chi connectivity index (χ2v) is 6.76. The molecule has 0 unspecified atom stereocenters. The number of rotatable bonds is 0. The summed E-state index contributed by atoms with van der Waals surface area (Å²) >= 11 is 3.00. The smallest absolute Gasteiger partial charge is 0.399 e.